The summed E-state index contributed by atoms with van der Waals surface area (Å²) in [4.78, 5) is 21.1. The Kier molecular flexibility index (Phi) is 6.51. The summed E-state index contributed by atoms with van der Waals surface area (Å²) in [6.07, 6.45) is 4.71. The number of aromatic nitrogens is 6. The zero-order chi connectivity index (χ0) is 21.1. The van der Waals surface area contributed by atoms with Crippen molar-refractivity contribution in [3.63, 3.8) is 0 Å². The molecule has 0 amide bonds. The second kappa shape index (κ2) is 9.26. The smallest absolute Gasteiger partial charge is 0.342 e. The maximum atomic E-state index is 12.8. The average molecular weight is 423 g/mol. The van der Waals surface area contributed by atoms with Gasteiger partial charge in [0.15, 0.2) is 0 Å². The van der Waals surface area contributed by atoms with Crippen LogP contribution in [0.2, 0.25) is 0 Å². The number of nitrogens with two attached hydrogens (primary N) is 1. The lowest BCUT2D eigenvalue weighted by Gasteiger charge is -2.08. The number of nitrogens with zero attached hydrogens (tertiary/aromatic N) is 6. The molecule has 9 nitrogen and oxygen atoms in total. The van der Waals surface area contributed by atoms with E-state index in [1.165, 1.54) is 17.3 Å². The van der Waals surface area contributed by atoms with Crippen LogP contribution in [0.4, 0.5) is 4.39 Å². The number of benzene rings is 1. The molecule has 1 aromatic carbocycles. The molecular formula is C21H22FN7O2. The molecule has 0 saturated carbocycles. The molecule has 0 spiro atoms. The van der Waals surface area contributed by atoms with E-state index in [2.05, 4.69) is 20.2 Å². The summed E-state index contributed by atoms with van der Waals surface area (Å²) in [5.41, 5.74) is 8.68. The van der Waals surface area contributed by atoms with Gasteiger partial charge in [0.2, 0.25) is 12.2 Å². The highest BCUT2D eigenvalue weighted by Crippen LogP contribution is 2.25. The maximum absolute atomic E-state index is 12.8. The molecule has 4 aromatic rings. The Bertz CT molecular complexity index is 1260. The molecule has 0 aliphatic rings. The molecule has 4 rings (SSSR count). The first kappa shape index (κ1) is 21.8. The quantitative estimate of drug-likeness (QED) is 0.507. The fourth-order valence-electron chi connectivity index (χ4n) is 3.04. The van der Waals surface area contributed by atoms with Crippen LogP contribution >= 0.6 is 0 Å². The molecule has 0 aliphatic heterocycles. The van der Waals surface area contributed by atoms with Gasteiger partial charge in [-0.3, -0.25) is 0 Å². The molecule has 0 bridgehead atoms. The Balaban J connectivity index is 0.00000272. The van der Waals surface area contributed by atoms with E-state index in [1.54, 1.807) is 6.20 Å². The van der Waals surface area contributed by atoms with Gasteiger partial charge in [0, 0.05) is 23.9 Å². The standard InChI is InChI=1S/C20H18FN7O2.CH4/c1-13-5-17(15-3-2-4-16(6-15)18-24-12-30-26-18)9-23-19(13)27-11-25-28(20(27)29)10-14(7-21)8-22;/h2-7,9,11-12H,8,10,22H2,1H3;1H4/b14-7+;. The summed E-state index contributed by atoms with van der Waals surface area (Å²) < 4.78 is 20.0. The topological polar surface area (TPSA) is 118 Å². The lowest BCUT2D eigenvalue weighted by Crippen LogP contribution is -2.26. The summed E-state index contributed by atoms with van der Waals surface area (Å²) >= 11 is 0. The number of rotatable bonds is 6. The van der Waals surface area contributed by atoms with Crippen molar-refractivity contribution in [3.8, 4) is 28.3 Å². The van der Waals surface area contributed by atoms with Crippen molar-refractivity contribution in [1.82, 2.24) is 29.5 Å². The highest BCUT2D eigenvalue weighted by molar-refractivity contribution is 5.70. The van der Waals surface area contributed by atoms with Gasteiger partial charge in [-0.05, 0) is 35.8 Å². The second-order valence-electron chi connectivity index (χ2n) is 6.61. The van der Waals surface area contributed by atoms with E-state index in [4.69, 9.17) is 10.3 Å². The van der Waals surface area contributed by atoms with E-state index in [9.17, 15) is 9.18 Å². The molecule has 3 heterocycles. The van der Waals surface area contributed by atoms with Crippen molar-refractivity contribution in [2.24, 2.45) is 5.73 Å². The number of hydrogen-bond donors (Lipinski definition) is 1. The van der Waals surface area contributed by atoms with Crippen molar-refractivity contribution in [3.05, 3.63) is 77.2 Å². The minimum atomic E-state index is -0.426. The molecule has 0 aliphatic carbocycles. The van der Waals surface area contributed by atoms with Gasteiger partial charge in [-0.15, -0.1) is 0 Å². The van der Waals surface area contributed by atoms with E-state index < -0.39 is 5.69 Å². The molecule has 2 N–H and O–H groups in total. The van der Waals surface area contributed by atoms with Crippen LogP contribution in [0.3, 0.4) is 0 Å². The molecule has 160 valence electrons. The Hall–Kier alpha value is -3.92. The third-order valence-corrected chi connectivity index (χ3v) is 4.60. The zero-order valence-corrected chi connectivity index (χ0v) is 16.1. The number of pyridine rings is 1. The van der Waals surface area contributed by atoms with Gasteiger partial charge in [-0.2, -0.15) is 10.1 Å². The highest BCUT2D eigenvalue weighted by Gasteiger charge is 2.13. The SMILES string of the molecule is C.Cc1cc(-c2cccc(-c3ncon3)c2)cnc1-n1cnn(C/C(=C/F)CN)c1=O. The molecule has 31 heavy (non-hydrogen) atoms. The van der Waals surface area contributed by atoms with Crippen LogP contribution in [-0.4, -0.2) is 36.0 Å². The molecule has 0 radical (unpaired) electrons. The van der Waals surface area contributed by atoms with Gasteiger partial charge in [0.1, 0.15) is 12.1 Å². The fraction of sp³-hybridized carbons (Fsp3) is 0.190. The molecular weight excluding hydrogens is 401 g/mol. The van der Waals surface area contributed by atoms with E-state index >= 15 is 0 Å². The van der Waals surface area contributed by atoms with Crippen LogP contribution in [0.15, 0.2) is 70.5 Å². The Labute approximate surface area is 177 Å². The van der Waals surface area contributed by atoms with Crippen molar-refractivity contribution in [2.75, 3.05) is 6.54 Å². The van der Waals surface area contributed by atoms with Crippen molar-refractivity contribution >= 4 is 0 Å². The molecule has 3 aromatic heterocycles. The van der Waals surface area contributed by atoms with E-state index in [1.807, 2.05) is 37.3 Å². The third-order valence-electron chi connectivity index (χ3n) is 4.60. The first-order valence-corrected chi connectivity index (χ1v) is 9.07. The molecule has 0 fully saturated rings. The summed E-state index contributed by atoms with van der Waals surface area (Å²) in [6.45, 7) is 1.84. The van der Waals surface area contributed by atoms with Crippen LogP contribution in [0.1, 0.15) is 13.0 Å². The van der Waals surface area contributed by atoms with E-state index in [-0.39, 0.29) is 26.1 Å². The summed E-state index contributed by atoms with van der Waals surface area (Å²) in [5, 5.41) is 7.88. The molecule has 10 heteroatoms. The second-order valence-corrected chi connectivity index (χ2v) is 6.61. The molecule has 0 atom stereocenters. The number of hydrogen-bond acceptors (Lipinski definition) is 7. The first-order chi connectivity index (χ1) is 14.6. The summed E-state index contributed by atoms with van der Waals surface area (Å²) in [6, 6.07) is 9.59. The summed E-state index contributed by atoms with van der Waals surface area (Å²) in [5.74, 6) is 0.944. The molecule has 0 unspecified atom stereocenters. The van der Waals surface area contributed by atoms with Crippen molar-refractivity contribution < 1.29 is 8.91 Å². The van der Waals surface area contributed by atoms with Gasteiger partial charge in [0.25, 0.3) is 0 Å². The normalized spacial score (nSPS) is 11.4. The predicted molar refractivity (Wildman–Crippen MR) is 114 cm³/mol. The minimum Gasteiger partial charge on any atom is -0.342 e. The van der Waals surface area contributed by atoms with Crippen molar-refractivity contribution in [2.45, 2.75) is 20.9 Å². The van der Waals surface area contributed by atoms with Gasteiger partial charge in [-0.25, -0.2) is 23.4 Å². The van der Waals surface area contributed by atoms with Crippen molar-refractivity contribution in [1.29, 1.82) is 0 Å². The van der Waals surface area contributed by atoms with Gasteiger partial charge >= 0.3 is 5.69 Å². The fourth-order valence-corrected chi connectivity index (χ4v) is 3.04. The lowest BCUT2D eigenvalue weighted by molar-refractivity contribution is 0.419. The van der Waals surface area contributed by atoms with E-state index in [0.29, 0.717) is 18.0 Å². The third kappa shape index (κ3) is 4.33. The van der Waals surface area contributed by atoms with Gasteiger partial charge < -0.3 is 10.3 Å². The number of halogens is 1. The summed E-state index contributed by atoms with van der Waals surface area (Å²) in [7, 11) is 0. The lowest BCUT2D eigenvalue weighted by atomic mass is 10.0. The van der Waals surface area contributed by atoms with Crippen LogP contribution in [0.5, 0.6) is 0 Å². The maximum Gasteiger partial charge on any atom is 0.351 e. The monoisotopic (exact) mass is 423 g/mol. The Morgan fingerprint density at radius 3 is 2.71 bits per heavy atom. The Morgan fingerprint density at radius 1 is 1.23 bits per heavy atom. The number of aryl methyl sites for hydroxylation is 1. The largest absolute Gasteiger partial charge is 0.351 e. The Morgan fingerprint density at radius 2 is 2.03 bits per heavy atom. The van der Waals surface area contributed by atoms with Crippen LogP contribution in [0.25, 0.3) is 28.3 Å². The van der Waals surface area contributed by atoms with Crippen LogP contribution in [-0.2, 0) is 6.54 Å². The minimum absolute atomic E-state index is 0. The average Bonchev–Trinajstić information content (AvgIpc) is 3.43. The first-order valence-electron chi connectivity index (χ1n) is 9.07. The zero-order valence-electron chi connectivity index (χ0n) is 16.1. The highest BCUT2D eigenvalue weighted by atomic mass is 19.1. The van der Waals surface area contributed by atoms with Gasteiger partial charge in [0.05, 0.1) is 12.9 Å². The predicted octanol–water partition coefficient (Wildman–Crippen LogP) is 2.90. The molecule has 0 saturated heterocycles. The van der Waals surface area contributed by atoms with E-state index in [0.717, 1.165) is 26.9 Å². The van der Waals surface area contributed by atoms with Crippen LogP contribution < -0.4 is 11.4 Å². The van der Waals surface area contributed by atoms with Gasteiger partial charge in [-0.1, -0.05) is 30.8 Å². The van der Waals surface area contributed by atoms with Crippen LogP contribution in [0, 0.1) is 6.92 Å².